The van der Waals surface area contributed by atoms with Gasteiger partial charge in [-0.2, -0.15) is 5.10 Å². The third kappa shape index (κ3) is 2.33. The molecule has 3 aromatic rings. The largest absolute Gasteiger partial charge is 0.464 e. The Morgan fingerprint density at radius 2 is 2.35 bits per heavy atom. The lowest BCUT2D eigenvalue weighted by molar-refractivity contribution is 0.0595. The van der Waals surface area contributed by atoms with Gasteiger partial charge in [0.15, 0.2) is 0 Å². The molecular weight excluding hydrogens is 258 g/mol. The Kier molecular flexibility index (Phi) is 3.08. The lowest BCUT2D eigenvalue weighted by atomic mass is 10.3. The van der Waals surface area contributed by atoms with Crippen LogP contribution in [-0.4, -0.2) is 33.2 Å². The number of pyridine rings is 1. The number of ether oxygens (including phenoxy) is 1. The molecule has 0 radical (unpaired) electrons. The van der Waals surface area contributed by atoms with Gasteiger partial charge >= 0.3 is 5.97 Å². The molecule has 0 saturated carbocycles. The molecule has 3 aromatic heterocycles. The lowest BCUT2D eigenvalue weighted by Crippen LogP contribution is -2.00. The zero-order chi connectivity index (χ0) is 13.9. The Labute approximate surface area is 114 Å². The van der Waals surface area contributed by atoms with Gasteiger partial charge in [-0.1, -0.05) is 0 Å². The number of esters is 1. The van der Waals surface area contributed by atoms with Crippen LogP contribution in [0.3, 0.4) is 0 Å². The van der Waals surface area contributed by atoms with Crippen molar-refractivity contribution in [2.75, 3.05) is 12.4 Å². The molecule has 0 aromatic carbocycles. The summed E-state index contributed by atoms with van der Waals surface area (Å²) in [6.45, 7) is 0.602. The predicted molar refractivity (Wildman–Crippen MR) is 73.3 cm³/mol. The van der Waals surface area contributed by atoms with E-state index in [2.05, 4.69) is 30.2 Å². The Balaban J connectivity index is 1.81. The van der Waals surface area contributed by atoms with Gasteiger partial charge in [-0.25, -0.2) is 9.78 Å². The predicted octanol–water partition coefficient (Wildman–Crippen LogP) is 1.68. The second-order valence-electron chi connectivity index (χ2n) is 4.26. The van der Waals surface area contributed by atoms with Crippen molar-refractivity contribution in [3.63, 3.8) is 0 Å². The highest BCUT2D eigenvalue weighted by Crippen LogP contribution is 2.18. The molecular formula is C13H13N5O2. The standard InChI is InChI=1S/C13H13N5O2/c1-20-13(19)11-5-8-4-10(7-15-12(8)17-11)14-6-9-2-3-16-18-9/h2-5,7,14H,6H2,1H3,(H,15,17)(H,16,18). The second-order valence-corrected chi connectivity index (χ2v) is 4.26. The van der Waals surface area contributed by atoms with Gasteiger partial charge < -0.3 is 15.0 Å². The quantitative estimate of drug-likeness (QED) is 0.627. The molecule has 3 rings (SSSR count). The molecule has 3 heterocycles. The average molecular weight is 271 g/mol. The van der Waals surface area contributed by atoms with Gasteiger partial charge in [-0.05, 0) is 18.2 Å². The second kappa shape index (κ2) is 5.04. The molecule has 102 valence electrons. The van der Waals surface area contributed by atoms with Crippen molar-refractivity contribution in [2.24, 2.45) is 0 Å². The monoisotopic (exact) mass is 271 g/mol. The van der Waals surface area contributed by atoms with Crippen molar-refractivity contribution in [1.29, 1.82) is 0 Å². The number of aromatic amines is 2. The molecule has 7 nitrogen and oxygen atoms in total. The van der Waals surface area contributed by atoms with E-state index in [0.29, 0.717) is 17.9 Å². The summed E-state index contributed by atoms with van der Waals surface area (Å²) in [5.41, 5.74) is 2.81. The molecule has 0 spiro atoms. The van der Waals surface area contributed by atoms with Crippen LogP contribution in [0.15, 0.2) is 30.6 Å². The third-order valence-corrected chi connectivity index (χ3v) is 2.91. The van der Waals surface area contributed by atoms with Crippen LogP contribution >= 0.6 is 0 Å². The number of methoxy groups -OCH3 is 1. The van der Waals surface area contributed by atoms with Gasteiger partial charge in [0.05, 0.1) is 31.2 Å². The van der Waals surface area contributed by atoms with E-state index in [-0.39, 0.29) is 0 Å². The minimum atomic E-state index is -0.408. The maximum atomic E-state index is 11.4. The van der Waals surface area contributed by atoms with Gasteiger partial charge in [-0.3, -0.25) is 5.10 Å². The molecule has 3 N–H and O–H groups in total. The summed E-state index contributed by atoms with van der Waals surface area (Å²) in [4.78, 5) is 18.6. The van der Waals surface area contributed by atoms with Crippen LogP contribution < -0.4 is 5.32 Å². The van der Waals surface area contributed by atoms with E-state index in [1.54, 1.807) is 18.5 Å². The van der Waals surface area contributed by atoms with Crippen LogP contribution in [0.4, 0.5) is 5.69 Å². The van der Waals surface area contributed by atoms with Crippen molar-refractivity contribution >= 4 is 22.7 Å². The number of H-pyrrole nitrogens is 2. The summed E-state index contributed by atoms with van der Waals surface area (Å²) in [5.74, 6) is -0.408. The minimum Gasteiger partial charge on any atom is -0.464 e. The van der Waals surface area contributed by atoms with Crippen LogP contribution in [0, 0.1) is 0 Å². The number of carbonyl (C=O) groups excluding carboxylic acids is 1. The number of nitrogens with one attached hydrogen (secondary N) is 3. The Bertz CT molecular complexity index is 732. The Morgan fingerprint density at radius 3 is 3.10 bits per heavy atom. The highest BCUT2D eigenvalue weighted by molar-refractivity contribution is 5.94. The minimum absolute atomic E-state index is 0.388. The molecule has 0 fully saturated rings. The van der Waals surface area contributed by atoms with E-state index in [9.17, 15) is 4.79 Å². The van der Waals surface area contributed by atoms with Gasteiger partial charge in [0.1, 0.15) is 11.3 Å². The van der Waals surface area contributed by atoms with Crippen molar-refractivity contribution < 1.29 is 9.53 Å². The molecule has 0 unspecified atom stereocenters. The topological polar surface area (TPSA) is 95.7 Å². The fourth-order valence-corrected chi connectivity index (χ4v) is 1.91. The van der Waals surface area contributed by atoms with Crippen LogP contribution in [0.1, 0.15) is 16.2 Å². The van der Waals surface area contributed by atoms with Crippen molar-refractivity contribution in [3.8, 4) is 0 Å². The molecule has 0 atom stereocenters. The smallest absolute Gasteiger partial charge is 0.354 e. The van der Waals surface area contributed by atoms with Crippen LogP contribution in [0.2, 0.25) is 0 Å². The summed E-state index contributed by atoms with van der Waals surface area (Å²) in [7, 11) is 1.35. The van der Waals surface area contributed by atoms with E-state index in [4.69, 9.17) is 0 Å². The third-order valence-electron chi connectivity index (χ3n) is 2.91. The van der Waals surface area contributed by atoms with E-state index in [1.807, 2.05) is 12.1 Å². The number of nitrogens with zero attached hydrogens (tertiary/aromatic N) is 2. The van der Waals surface area contributed by atoms with E-state index >= 15 is 0 Å². The summed E-state index contributed by atoms with van der Waals surface area (Å²) < 4.78 is 4.67. The summed E-state index contributed by atoms with van der Waals surface area (Å²) in [5, 5.41) is 10.9. The number of hydrogen-bond acceptors (Lipinski definition) is 5. The first-order chi connectivity index (χ1) is 9.76. The van der Waals surface area contributed by atoms with E-state index in [1.165, 1.54) is 7.11 Å². The molecule has 0 aliphatic heterocycles. The van der Waals surface area contributed by atoms with Gasteiger partial charge in [0.25, 0.3) is 0 Å². The molecule has 0 aliphatic carbocycles. The summed E-state index contributed by atoms with van der Waals surface area (Å²) >= 11 is 0. The van der Waals surface area contributed by atoms with Crippen molar-refractivity contribution in [3.05, 3.63) is 42.0 Å². The van der Waals surface area contributed by atoms with Crippen LogP contribution in [0.25, 0.3) is 11.0 Å². The number of carbonyl (C=O) groups is 1. The SMILES string of the molecule is COC(=O)c1cc2cc(NCc3cc[nH]n3)cnc2[nH]1. The zero-order valence-corrected chi connectivity index (χ0v) is 10.8. The zero-order valence-electron chi connectivity index (χ0n) is 10.8. The first-order valence-corrected chi connectivity index (χ1v) is 6.06. The number of aromatic nitrogens is 4. The molecule has 7 heteroatoms. The van der Waals surface area contributed by atoms with Gasteiger partial charge in [0.2, 0.25) is 0 Å². The van der Waals surface area contributed by atoms with Gasteiger partial charge in [-0.15, -0.1) is 0 Å². The summed E-state index contributed by atoms with van der Waals surface area (Å²) in [6, 6.07) is 5.52. The number of fused-ring (bicyclic) bond motifs is 1. The molecule has 0 saturated heterocycles. The van der Waals surface area contributed by atoms with Crippen molar-refractivity contribution in [2.45, 2.75) is 6.54 Å². The fraction of sp³-hybridized carbons (Fsp3) is 0.154. The molecule has 0 amide bonds. The molecule has 0 bridgehead atoms. The maximum absolute atomic E-state index is 11.4. The molecule has 0 aliphatic rings. The Morgan fingerprint density at radius 1 is 1.45 bits per heavy atom. The maximum Gasteiger partial charge on any atom is 0.354 e. The highest BCUT2D eigenvalue weighted by atomic mass is 16.5. The highest BCUT2D eigenvalue weighted by Gasteiger charge is 2.10. The van der Waals surface area contributed by atoms with Crippen LogP contribution in [-0.2, 0) is 11.3 Å². The van der Waals surface area contributed by atoms with E-state index < -0.39 is 5.97 Å². The average Bonchev–Trinajstić information content (AvgIpc) is 3.12. The lowest BCUT2D eigenvalue weighted by Gasteiger charge is -2.03. The number of anilines is 1. The first-order valence-electron chi connectivity index (χ1n) is 6.06. The summed E-state index contributed by atoms with van der Waals surface area (Å²) in [6.07, 6.45) is 3.47. The van der Waals surface area contributed by atoms with Crippen LogP contribution in [0.5, 0.6) is 0 Å². The number of rotatable bonds is 4. The molecule has 20 heavy (non-hydrogen) atoms. The Hall–Kier alpha value is -2.83. The van der Waals surface area contributed by atoms with E-state index in [0.717, 1.165) is 16.8 Å². The van der Waals surface area contributed by atoms with Gasteiger partial charge in [0, 0.05) is 11.6 Å². The van der Waals surface area contributed by atoms with Crippen molar-refractivity contribution in [1.82, 2.24) is 20.2 Å². The first kappa shape index (κ1) is 12.2. The fourth-order valence-electron chi connectivity index (χ4n) is 1.91. The normalized spacial score (nSPS) is 10.7. The number of hydrogen-bond donors (Lipinski definition) is 3.